The van der Waals surface area contributed by atoms with Crippen molar-refractivity contribution in [3.63, 3.8) is 0 Å². The van der Waals surface area contributed by atoms with E-state index in [9.17, 15) is 14.4 Å². The number of hydrogen-bond donors (Lipinski definition) is 0. The first kappa shape index (κ1) is 20.9. The van der Waals surface area contributed by atoms with Crippen molar-refractivity contribution in [1.29, 1.82) is 0 Å². The van der Waals surface area contributed by atoms with Gasteiger partial charge in [0.15, 0.2) is 18.0 Å². The monoisotopic (exact) mass is 440 g/mol. The van der Waals surface area contributed by atoms with E-state index in [0.717, 1.165) is 0 Å². The van der Waals surface area contributed by atoms with E-state index >= 15 is 0 Å². The third-order valence-corrected chi connectivity index (χ3v) is 5.41. The SMILES string of the molecule is C=CCN1C(=O)COc2ccc(C(=O)CN3C(=O)C(C)(C)Oc4ccc(Cl)cc43)cc21. The van der Waals surface area contributed by atoms with Crippen molar-refractivity contribution in [2.75, 3.05) is 29.5 Å². The van der Waals surface area contributed by atoms with E-state index in [1.54, 1.807) is 56.3 Å². The van der Waals surface area contributed by atoms with E-state index in [0.29, 0.717) is 40.0 Å². The van der Waals surface area contributed by atoms with Crippen LogP contribution in [0.1, 0.15) is 24.2 Å². The summed E-state index contributed by atoms with van der Waals surface area (Å²) in [5.74, 6) is 0.129. The van der Waals surface area contributed by atoms with Crippen LogP contribution < -0.4 is 19.3 Å². The predicted octanol–water partition coefficient (Wildman–Crippen LogP) is 3.64. The topological polar surface area (TPSA) is 76.2 Å². The lowest BCUT2D eigenvalue weighted by Crippen LogP contribution is -2.53. The van der Waals surface area contributed by atoms with Crippen LogP contribution >= 0.6 is 11.6 Å². The van der Waals surface area contributed by atoms with Crippen molar-refractivity contribution in [2.24, 2.45) is 0 Å². The Balaban J connectivity index is 1.67. The highest BCUT2D eigenvalue weighted by Gasteiger charge is 2.41. The highest BCUT2D eigenvalue weighted by atomic mass is 35.5. The van der Waals surface area contributed by atoms with Crippen molar-refractivity contribution in [2.45, 2.75) is 19.4 Å². The van der Waals surface area contributed by atoms with Crippen LogP contribution in [0.25, 0.3) is 0 Å². The second-order valence-electron chi connectivity index (χ2n) is 7.80. The van der Waals surface area contributed by atoms with Crippen molar-refractivity contribution < 1.29 is 23.9 Å². The normalized spacial score (nSPS) is 16.7. The third kappa shape index (κ3) is 3.77. The number of Topliss-reactive ketones (excluding diaryl/α,β-unsaturated/α-hetero) is 1. The largest absolute Gasteiger partial charge is 0.482 e. The number of nitrogens with zero attached hydrogens (tertiary/aromatic N) is 2. The van der Waals surface area contributed by atoms with Gasteiger partial charge in [0, 0.05) is 17.1 Å². The molecule has 0 unspecified atom stereocenters. The zero-order valence-corrected chi connectivity index (χ0v) is 17.9. The van der Waals surface area contributed by atoms with Gasteiger partial charge in [-0.05, 0) is 50.2 Å². The zero-order valence-electron chi connectivity index (χ0n) is 17.2. The summed E-state index contributed by atoms with van der Waals surface area (Å²) in [6.07, 6.45) is 1.61. The number of carbonyl (C=O) groups is 3. The number of ketones is 1. The predicted molar refractivity (Wildman–Crippen MR) is 117 cm³/mol. The number of carbonyl (C=O) groups excluding carboxylic acids is 3. The summed E-state index contributed by atoms with van der Waals surface area (Å²) in [6, 6.07) is 9.83. The number of halogens is 1. The molecule has 0 bridgehead atoms. The van der Waals surface area contributed by atoms with Gasteiger partial charge in [-0.25, -0.2) is 0 Å². The molecule has 0 aromatic heterocycles. The van der Waals surface area contributed by atoms with Gasteiger partial charge < -0.3 is 14.4 Å². The Hall–Kier alpha value is -3.32. The van der Waals surface area contributed by atoms with E-state index in [-0.39, 0.29) is 30.7 Å². The van der Waals surface area contributed by atoms with E-state index < -0.39 is 5.60 Å². The molecule has 31 heavy (non-hydrogen) atoms. The van der Waals surface area contributed by atoms with Crippen LogP contribution in [0.5, 0.6) is 11.5 Å². The molecule has 0 atom stereocenters. The summed E-state index contributed by atoms with van der Waals surface area (Å²) in [5, 5.41) is 0.428. The van der Waals surface area contributed by atoms with Gasteiger partial charge in [-0.1, -0.05) is 17.7 Å². The van der Waals surface area contributed by atoms with Gasteiger partial charge in [0.25, 0.3) is 11.8 Å². The van der Waals surface area contributed by atoms with Crippen molar-refractivity contribution in [3.8, 4) is 11.5 Å². The molecule has 4 rings (SSSR count). The number of anilines is 2. The van der Waals surface area contributed by atoms with Gasteiger partial charge in [0.1, 0.15) is 11.5 Å². The molecule has 2 heterocycles. The van der Waals surface area contributed by atoms with Gasteiger partial charge in [0.05, 0.1) is 17.9 Å². The molecule has 0 saturated carbocycles. The Kier molecular flexibility index (Phi) is 5.23. The van der Waals surface area contributed by atoms with Gasteiger partial charge in [-0.2, -0.15) is 0 Å². The zero-order chi connectivity index (χ0) is 22.3. The molecule has 0 N–H and O–H groups in total. The smallest absolute Gasteiger partial charge is 0.271 e. The molecule has 160 valence electrons. The molecule has 0 fully saturated rings. The number of ether oxygens (including phenoxy) is 2. The first-order valence-corrected chi connectivity index (χ1v) is 10.1. The van der Waals surface area contributed by atoms with E-state index in [2.05, 4.69) is 6.58 Å². The quantitative estimate of drug-likeness (QED) is 0.524. The number of fused-ring (bicyclic) bond motifs is 2. The lowest BCUT2D eigenvalue weighted by molar-refractivity contribution is -0.132. The Morgan fingerprint density at radius 2 is 1.84 bits per heavy atom. The maximum Gasteiger partial charge on any atom is 0.271 e. The van der Waals surface area contributed by atoms with Gasteiger partial charge in [-0.3, -0.25) is 19.3 Å². The maximum atomic E-state index is 13.2. The molecule has 2 amide bonds. The first-order valence-electron chi connectivity index (χ1n) is 9.73. The molecular formula is C23H21ClN2O5. The molecule has 7 nitrogen and oxygen atoms in total. The van der Waals surface area contributed by atoms with Crippen molar-refractivity contribution >= 4 is 40.6 Å². The van der Waals surface area contributed by atoms with Crippen molar-refractivity contribution in [1.82, 2.24) is 0 Å². The highest BCUT2D eigenvalue weighted by Crippen LogP contribution is 2.40. The second-order valence-corrected chi connectivity index (χ2v) is 8.24. The van der Waals surface area contributed by atoms with Gasteiger partial charge >= 0.3 is 0 Å². The standard InChI is InChI=1S/C23H21ClN2O5/c1-4-9-25-16-10-14(5-7-19(16)30-13-21(25)28)18(27)12-26-17-11-15(24)6-8-20(17)31-23(2,3)22(26)29/h4-8,10-11H,1,9,12-13H2,2-3H3. The average molecular weight is 441 g/mol. The summed E-state index contributed by atoms with van der Waals surface area (Å²) < 4.78 is 11.3. The Morgan fingerprint density at radius 3 is 2.58 bits per heavy atom. The summed E-state index contributed by atoms with van der Waals surface area (Å²) in [7, 11) is 0. The number of rotatable bonds is 5. The number of hydrogen-bond acceptors (Lipinski definition) is 5. The molecule has 2 aromatic rings. The van der Waals surface area contributed by atoms with Crippen LogP contribution in [-0.4, -0.2) is 42.9 Å². The van der Waals surface area contributed by atoms with E-state index in [4.69, 9.17) is 21.1 Å². The Labute approximate surface area is 184 Å². The molecule has 0 radical (unpaired) electrons. The molecule has 2 aliphatic rings. The van der Waals surface area contributed by atoms with Gasteiger partial charge in [0.2, 0.25) is 0 Å². The minimum Gasteiger partial charge on any atom is -0.482 e. The molecule has 0 spiro atoms. The van der Waals surface area contributed by atoms with E-state index in [1.807, 2.05) is 0 Å². The highest BCUT2D eigenvalue weighted by molar-refractivity contribution is 6.31. The Morgan fingerprint density at radius 1 is 1.13 bits per heavy atom. The minimum atomic E-state index is -1.13. The van der Waals surface area contributed by atoms with Crippen LogP contribution in [-0.2, 0) is 9.59 Å². The molecule has 2 aromatic carbocycles. The maximum absolute atomic E-state index is 13.2. The lowest BCUT2D eigenvalue weighted by Gasteiger charge is -2.38. The number of amides is 2. The lowest BCUT2D eigenvalue weighted by atomic mass is 10.0. The fourth-order valence-corrected chi connectivity index (χ4v) is 3.80. The minimum absolute atomic E-state index is 0.0664. The summed E-state index contributed by atoms with van der Waals surface area (Å²) in [5.41, 5.74) is 0.165. The van der Waals surface area contributed by atoms with Crippen molar-refractivity contribution in [3.05, 3.63) is 59.6 Å². The fraction of sp³-hybridized carbons (Fsp3) is 0.261. The molecule has 0 aliphatic carbocycles. The first-order chi connectivity index (χ1) is 14.7. The van der Waals surface area contributed by atoms with Crippen LogP contribution in [0, 0.1) is 0 Å². The van der Waals surface area contributed by atoms with Crippen LogP contribution in [0.4, 0.5) is 11.4 Å². The van der Waals surface area contributed by atoms with Crippen LogP contribution in [0.3, 0.4) is 0 Å². The summed E-state index contributed by atoms with van der Waals surface area (Å²) >= 11 is 6.12. The summed E-state index contributed by atoms with van der Waals surface area (Å²) in [6.45, 7) is 7.02. The van der Waals surface area contributed by atoms with Crippen LogP contribution in [0.15, 0.2) is 49.1 Å². The molecule has 2 aliphatic heterocycles. The fourth-order valence-electron chi connectivity index (χ4n) is 3.64. The molecule has 0 saturated heterocycles. The Bertz CT molecular complexity index is 1110. The molecular weight excluding hydrogens is 420 g/mol. The second kappa shape index (κ2) is 7.74. The van der Waals surface area contributed by atoms with Crippen LogP contribution in [0.2, 0.25) is 5.02 Å². The third-order valence-electron chi connectivity index (χ3n) is 5.17. The summed E-state index contributed by atoms with van der Waals surface area (Å²) in [4.78, 5) is 41.3. The number of benzene rings is 2. The average Bonchev–Trinajstić information content (AvgIpc) is 2.73. The molecule has 8 heteroatoms. The van der Waals surface area contributed by atoms with E-state index in [1.165, 1.54) is 9.80 Å². The van der Waals surface area contributed by atoms with Gasteiger partial charge in [-0.15, -0.1) is 6.58 Å².